The Morgan fingerprint density at radius 3 is 2.66 bits per heavy atom. The number of sulfone groups is 1. The summed E-state index contributed by atoms with van der Waals surface area (Å²) in [6.45, 7) is 1.47. The number of nitrogens with one attached hydrogen (secondary N) is 2. The normalized spacial score (nSPS) is 17.1. The second-order valence-electron chi connectivity index (χ2n) is 8.96. The maximum Gasteiger partial charge on any atom is 0.255 e. The third-order valence-electron chi connectivity index (χ3n) is 6.61. The topological polar surface area (TPSA) is 108 Å². The number of nitrogens with zero attached hydrogens (tertiary/aromatic N) is 3. The summed E-state index contributed by atoms with van der Waals surface area (Å²) in [6.07, 6.45) is 2.70. The maximum atomic E-state index is 13.0. The first kappa shape index (κ1) is 22.1. The van der Waals surface area contributed by atoms with Gasteiger partial charge in [0, 0.05) is 41.3 Å². The van der Waals surface area contributed by atoms with Crippen LogP contribution in [0.2, 0.25) is 5.02 Å². The van der Waals surface area contributed by atoms with Gasteiger partial charge in [-0.3, -0.25) is 4.79 Å². The Bertz CT molecular complexity index is 1610. The van der Waals surface area contributed by atoms with Crippen molar-refractivity contribution in [3.8, 4) is 0 Å². The highest BCUT2D eigenvalue weighted by atomic mass is 35.5. The Morgan fingerprint density at radius 2 is 1.86 bits per heavy atom. The average molecular weight is 508 g/mol. The molecular formula is C25H22ClN5O3S. The van der Waals surface area contributed by atoms with E-state index in [0.29, 0.717) is 46.5 Å². The van der Waals surface area contributed by atoms with Gasteiger partial charge in [-0.1, -0.05) is 29.8 Å². The molecular weight excluding hydrogens is 486 g/mol. The zero-order valence-electron chi connectivity index (χ0n) is 18.7. The highest BCUT2D eigenvalue weighted by molar-refractivity contribution is 7.91. The van der Waals surface area contributed by atoms with Gasteiger partial charge in [-0.05, 0) is 54.1 Å². The van der Waals surface area contributed by atoms with Gasteiger partial charge in [-0.2, -0.15) is 4.98 Å². The van der Waals surface area contributed by atoms with Crippen molar-refractivity contribution in [3.05, 3.63) is 81.4 Å². The first-order chi connectivity index (χ1) is 16.9. The SMILES string of the molecule is O=c1[nH]ccc2ccc(Nc3nc(N4CC(c5ccc(Cl)cc5)C4)nc4c3S(=O)(=O)CCC4)cc12. The van der Waals surface area contributed by atoms with Crippen LogP contribution in [0.3, 0.4) is 0 Å². The molecule has 6 rings (SSSR count). The molecule has 8 nitrogen and oxygen atoms in total. The molecule has 2 aliphatic rings. The van der Waals surface area contributed by atoms with E-state index in [1.807, 2.05) is 42.5 Å². The van der Waals surface area contributed by atoms with Crippen molar-refractivity contribution < 1.29 is 8.42 Å². The van der Waals surface area contributed by atoms with Crippen molar-refractivity contribution in [1.29, 1.82) is 0 Å². The van der Waals surface area contributed by atoms with Crippen LogP contribution in [0.25, 0.3) is 10.8 Å². The molecule has 35 heavy (non-hydrogen) atoms. The Labute approximate surface area is 206 Å². The first-order valence-electron chi connectivity index (χ1n) is 11.4. The Kier molecular flexibility index (Phi) is 5.26. The van der Waals surface area contributed by atoms with Gasteiger partial charge in [0.1, 0.15) is 4.90 Å². The minimum Gasteiger partial charge on any atom is -0.339 e. The van der Waals surface area contributed by atoms with Crippen LogP contribution in [0.5, 0.6) is 0 Å². The summed E-state index contributed by atoms with van der Waals surface area (Å²) in [5, 5.41) is 5.19. The molecule has 4 aromatic rings. The number of aromatic amines is 1. The monoisotopic (exact) mass is 507 g/mol. The van der Waals surface area contributed by atoms with Crippen LogP contribution in [0, 0.1) is 0 Å². The molecule has 0 amide bonds. The van der Waals surface area contributed by atoms with Crippen LogP contribution in [-0.4, -0.2) is 42.2 Å². The van der Waals surface area contributed by atoms with Gasteiger partial charge in [0.05, 0.1) is 11.4 Å². The number of halogens is 1. The molecule has 2 aliphatic heterocycles. The second kappa shape index (κ2) is 8.35. The number of pyridine rings is 1. The number of rotatable bonds is 4. The third-order valence-corrected chi connectivity index (χ3v) is 8.73. The van der Waals surface area contributed by atoms with Crippen LogP contribution in [0.4, 0.5) is 17.5 Å². The van der Waals surface area contributed by atoms with Gasteiger partial charge < -0.3 is 15.2 Å². The molecule has 2 aromatic carbocycles. The van der Waals surface area contributed by atoms with Gasteiger partial charge in [0.15, 0.2) is 15.7 Å². The highest BCUT2D eigenvalue weighted by Gasteiger charge is 2.34. The van der Waals surface area contributed by atoms with E-state index in [4.69, 9.17) is 11.6 Å². The smallest absolute Gasteiger partial charge is 0.255 e. The minimum atomic E-state index is -3.52. The van der Waals surface area contributed by atoms with E-state index in [0.717, 1.165) is 18.5 Å². The third kappa shape index (κ3) is 4.04. The molecule has 0 saturated carbocycles. The predicted octanol–water partition coefficient (Wildman–Crippen LogP) is 4.04. The van der Waals surface area contributed by atoms with Gasteiger partial charge in [-0.25, -0.2) is 13.4 Å². The Balaban J connectivity index is 1.36. The Morgan fingerprint density at radius 1 is 1.06 bits per heavy atom. The number of aromatic nitrogens is 3. The fourth-order valence-corrected chi connectivity index (χ4v) is 6.48. The molecule has 2 N–H and O–H groups in total. The van der Waals surface area contributed by atoms with Crippen molar-refractivity contribution in [2.45, 2.75) is 23.7 Å². The molecule has 0 bridgehead atoms. The van der Waals surface area contributed by atoms with Crippen LogP contribution < -0.4 is 15.8 Å². The summed E-state index contributed by atoms with van der Waals surface area (Å²) in [5.41, 5.74) is 2.12. The van der Waals surface area contributed by atoms with E-state index in [2.05, 4.69) is 25.2 Å². The molecule has 0 spiro atoms. The molecule has 0 atom stereocenters. The fraction of sp³-hybridized carbons (Fsp3) is 0.240. The van der Waals surface area contributed by atoms with Crippen molar-refractivity contribution in [1.82, 2.24) is 15.0 Å². The number of anilines is 3. The number of benzene rings is 2. The van der Waals surface area contributed by atoms with E-state index in [9.17, 15) is 13.2 Å². The molecule has 0 aliphatic carbocycles. The molecule has 0 radical (unpaired) electrons. The van der Waals surface area contributed by atoms with Crippen LogP contribution in [0.15, 0.2) is 64.4 Å². The molecule has 2 aromatic heterocycles. The molecule has 10 heteroatoms. The average Bonchev–Trinajstić information content (AvgIpc) is 2.79. The zero-order chi connectivity index (χ0) is 24.2. The summed E-state index contributed by atoms with van der Waals surface area (Å²) in [7, 11) is -3.52. The summed E-state index contributed by atoms with van der Waals surface area (Å²) >= 11 is 6.01. The van der Waals surface area contributed by atoms with E-state index in [-0.39, 0.29) is 22.0 Å². The molecule has 4 heterocycles. The lowest BCUT2D eigenvalue weighted by Crippen LogP contribution is -2.46. The van der Waals surface area contributed by atoms with E-state index in [1.165, 1.54) is 5.56 Å². The van der Waals surface area contributed by atoms with Gasteiger partial charge >= 0.3 is 0 Å². The number of hydrogen-bond donors (Lipinski definition) is 2. The van der Waals surface area contributed by atoms with E-state index >= 15 is 0 Å². The first-order valence-corrected chi connectivity index (χ1v) is 13.4. The molecule has 178 valence electrons. The summed E-state index contributed by atoms with van der Waals surface area (Å²) in [5.74, 6) is 1.16. The Hall–Kier alpha value is -3.43. The second-order valence-corrected chi connectivity index (χ2v) is 11.4. The molecule has 1 saturated heterocycles. The van der Waals surface area contributed by atoms with Gasteiger partial charge in [0.25, 0.3) is 5.56 Å². The lowest BCUT2D eigenvalue weighted by atomic mass is 9.92. The van der Waals surface area contributed by atoms with Crippen molar-refractivity contribution in [2.24, 2.45) is 0 Å². The largest absolute Gasteiger partial charge is 0.339 e. The number of aryl methyl sites for hydroxylation is 1. The van der Waals surface area contributed by atoms with E-state index < -0.39 is 9.84 Å². The van der Waals surface area contributed by atoms with Crippen LogP contribution >= 0.6 is 11.6 Å². The molecule has 0 unspecified atom stereocenters. The maximum absolute atomic E-state index is 13.0. The predicted molar refractivity (Wildman–Crippen MR) is 137 cm³/mol. The van der Waals surface area contributed by atoms with Gasteiger partial charge in [0.2, 0.25) is 5.95 Å². The van der Waals surface area contributed by atoms with Crippen molar-refractivity contribution >= 4 is 49.7 Å². The standard InChI is InChI=1S/C25H22ClN5O3S/c26-18-6-3-15(4-7-18)17-13-31(14-17)25-29-21-2-1-11-35(33,34)22(21)23(30-25)28-19-8-5-16-9-10-27-24(32)20(16)12-19/h3-10,12,17H,1-2,11,13-14H2,(H,27,32)(H,28,29,30). The van der Waals surface area contributed by atoms with Crippen LogP contribution in [-0.2, 0) is 16.3 Å². The molecule has 1 fully saturated rings. The lowest BCUT2D eigenvalue weighted by molar-refractivity contribution is 0.511. The van der Waals surface area contributed by atoms with Crippen molar-refractivity contribution in [3.63, 3.8) is 0 Å². The summed E-state index contributed by atoms with van der Waals surface area (Å²) in [6, 6.07) is 15.0. The summed E-state index contributed by atoms with van der Waals surface area (Å²) in [4.78, 5) is 26.5. The number of fused-ring (bicyclic) bond motifs is 2. The van der Waals surface area contributed by atoms with Gasteiger partial charge in [-0.15, -0.1) is 0 Å². The summed E-state index contributed by atoms with van der Waals surface area (Å²) < 4.78 is 26.0. The van der Waals surface area contributed by atoms with E-state index in [1.54, 1.807) is 12.3 Å². The fourth-order valence-electron chi connectivity index (χ4n) is 4.72. The van der Waals surface area contributed by atoms with Crippen molar-refractivity contribution in [2.75, 3.05) is 29.1 Å². The minimum absolute atomic E-state index is 0.0666. The van der Waals surface area contributed by atoms with Crippen LogP contribution in [0.1, 0.15) is 23.6 Å². The quantitative estimate of drug-likeness (QED) is 0.429. The lowest BCUT2D eigenvalue weighted by Gasteiger charge is -2.40. The number of H-pyrrole nitrogens is 1. The zero-order valence-corrected chi connectivity index (χ0v) is 20.2. The highest BCUT2D eigenvalue weighted by Crippen LogP contribution is 2.36. The number of hydrogen-bond acceptors (Lipinski definition) is 7.